The summed E-state index contributed by atoms with van der Waals surface area (Å²) in [6.45, 7) is 1.39. The van der Waals surface area contributed by atoms with Gasteiger partial charge in [0.25, 0.3) is 5.91 Å². The summed E-state index contributed by atoms with van der Waals surface area (Å²) in [5.74, 6) is 1.15. The van der Waals surface area contributed by atoms with Gasteiger partial charge in [0.05, 0.1) is 0 Å². The Morgan fingerprint density at radius 3 is 3.16 bits per heavy atom. The second-order valence-corrected chi connectivity index (χ2v) is 4.77. The molecule has 6 heteroatoms. The summed E-state index contributed by atoms with van der Waals surface area (Å²) in [5, 5.41) is 10.7. The normalized spacial score (nSPS) is 14.5. The van der Waals surface area contributed by atoms with Gasteiger partial charge in [0.15, 0.2) is 5.69 Å². The van der Waals surface area contributed by atoms with Crippen molar-refractivity contribution >= 4 is 5.91 Å². The van der Waals surface area contributed by atoms with Crippen molar-refractivity contribution in [1.82, 2.24) is 20.3 Å². The first-order chi connectivity index (χ1) is 9.33. The van der Waals surface area contributed by atoms with E-state index in [1.165, 1.54) is 0 Å². The number of rotatable bonds is 6. The molecule has 1 amide bonds. The van der Waals surface area contributed by atoms with Crippen LogP contribution in [0.15, 0.2) is 29.0 Å². The van der Waals surface area contributed by atoms with Crippen LogP contribution in [-0.4, -0.2) is 27.4 Å². The molecule has 19 heavy (non-hydrogen) atoms. The zero-order valence-electron chi connectivity index (χ0n) is 10.6. The lowest BCUT2D eigenvalue weighted by atomic mass is 10.3. The van der Waals surface area contributed by atoms with Gasteiger partial charge < -0.3 is 9.84 Å². The van der Waals surface area contributed by atoms with Crippen LogP contribution in [-0.2, 0) is 6.54 Å². The van der Waals surface area contributed by atoms with Gasteiger partial charge in [-0.05, 0) is 25.3 Å². The highest BCUT2D eigenvalue weighted by Crippen LogP contribution is 2.40. The number of aryl methyl sites for hydroxylation is 1. The molecule has 6 nitrogen and oxygen atoms in total. The van der Waals surface area contributed by atoms with E-state index in [0.29, 0.717) is 18.2 Å². The Morgan fingerprint density at radius 2 is 2.42 bits per heavy atom. The topological polar surface area (TPSA) is 73.0 Å². The largest absolute Gasteiger partial charge is 0.360 e. The molecule has 0 spiro atoms. The molecule has 1 aliphatic rings. The van der Waals surface area contributed by atoms with E-state index >= 15 is 0 Å². The highest BCUT2D eigenvalue weighted by Gasteiger charge is 2.28. The zero-order valence-corrected chi connectivity index (χ0v) is 10.6. The van der Waals surface area contributed by atoms with Gasteiger partial charge in [0.1, 0.15) is 5.76 Å². The Balaban J connectivity index is 1.42. The molecule has 100 valence electrons. The molecular weight excluding hydrogens is 244 g/mol. The molecule has 1 N–H and O–H groups in total. The van der Waals surface area contributed by atoms with Crippen LogP contribution >= 0.6 is 0 Å². The van der Waals surface area contributed by atoms with E-state index in [2.05, 4.69) is 15.6 Å². The van der Waals surface area contributed by atoms with Gasteiger partial charge in [-0.15, -0.1) is 0 Å². The molecule has 0 saturated heterocycles. The first-order valence-corrected chi connectivity index (χ1v) is 6.55. The lowest BCUT2D eigenvalue weighted by Gasteiger charge is -2.03. The maximum Gasteiger partial charge on any atom is 0.273 e. The third-order valence-electron chi connectivity index (χ3n) is 3.15. The zero-order chi connectivity index (χ0) is 13.1. The molecule has 0 aromatic carbocycles. The van der Waals surface area contributed by atoms with Crippen LogP contribution in [0.2, 0.25) is 0 Å². The highest BCUT2D eigenvalue weighted by molar-refractivity contribution is 5.92. The lowest BCUT2D eigenvalue weighted by molar-refractivity contribution is 0.0943. The van der Waals surface area contributed by atoms with Crippen molar-refractivity contribution in [1.29, 1.82) is 0 Å². The van der Waals surface area contributed by atoms with Gasteiger partial charge in [-0.2, -0.15) is 5.10 Å². The maximum atomic E-state index is 11.8. The van der Waals surface area contributed by atoms with E-state index in [1.807, 2.05) is 16.9 Å². The minimum atomic E-state index is -0.170. The van der Waals surface area contributed by atoms with Gasteiger partial charge in [0, 0.05) is 37.5 Å². The summed E-state index contributed by atoms with van der Waals surface area (Å²) in [6.07, 6.45) is 6.76. The Hall–Kier alpha value is -2.11. The minimum Gasteiger partial charge on any atom is -0.360 e. The van der Waals surface area contributed by atoms with Crippen molar-refractivity contribution in [2.45, 2.75) is 31.7 Å². The fraction of sp³-hybridized carbons (Fsp3) is 0.462. The number of hydrogen-bond acceptors (Lipinski definition) is 4. The maximum absolute atomic E-state index is 11.8. The molecular formula is C13H16N4O2. The van der Waals surface area contributed by atoms with E-state index in [4.69, 9.17) is 4.52 Å². The molecule has 1 saturated carbocycles. The first-order valence-electron chi connectivity index (χ1n) is 6.55. The van der Waals surface area contributed by atoms with Crippen molar-refractivity contribution in [3.8, 4) is 0 Å². The molecule has 0 unspecified atom stereocenters. The van der Waals surface area contributed by atoms with Crippen molar-refractivity contribution in [2.75, 3.05) is 6.54 Å². The van der Waals surface area contributed by atoms with Gasteiger partial charge in [-0.25, -0.2) is 0 Å². The fourth-order valence-electron chi connectivity index (χ4n) is 1.92. The molecule has 2 aromatic heterocycles. The average molecular weight is 260 g/mol. The fourth-order valence-corrected chi connectivity index (χ4v) is 1.92. The van der Waals surface area contributed by atoms with E-state index in [9.17, 15) is 4.79 Å². The molecule has 1 aliphatic carbocycles. The predicted molar refractivity (Wildman–Crippen MR) is 67.7 cm³/mol. The molecule has 0 radical (unpaired) electrons. The number of hydrogen-bond donors (Lipinski definition) is 1. The van der Waals surface area contributed by atoms with Crippen LogP contribution in [0.4, 0.5) is 0 Å². The molecule has 0 aliphatic heterocycles. The molecule has 0 bridgehead atoms. The second kappa shape index (κ2) is 5.26. The van der Waals surface area contributed by atoms with Crippen LogP contribution in [0, 0.1) is 0 Å². The molecule has 3 rings (SSSR count). The summed E-state index contributed by atoms with van der Waals surface area (Å²) >= 11 is 0. The Morgan fingerprint density at radius 1 is 1.53 bits per heavy atom. The number of amides is 1. The van der Waals surface area contributed by atoms with Crippen LogP contribution in [0.5, 0.6) is 0 Å². The SMILES string of the molecule is O=C(NCCCn1cccn1)c1cc(C2CC2)on1. The smallest absolute Gasteiger partial charge is 0.273 e. The third-order valence-corrected chi connectivity index (χ3v) is 3.15. The summed E-state index contributed by atoms with van der Waals surface area (Å²) < 4.78 is 6.99. The minimum absolute atomic E-state index is 0.170. The van der Waals surface area contributed by atoms with E-state index < -0.39 is 0 Å². The van der Waals surface area contributed by atoms with Crippen LogP contribution in [0.3, 0.4) is 0 Å². The van der Waals surface area contributed by atoms with E-state index in [-0.39, 0.29) is 5.91 Å². The Kier molecular flexibility index (Phi) is 3.31. The molecule has 1 fully saturated rings. The standard InChI is InChI=1S/C13H16N4O2/c18-13(11-9-12(19-16-11)10-3-4-10)14-5-1-7-17-8-2-6-15-17/h2,6,8-10H,1,3-5,7H2,(H,14,18). The highest BCUT2D eigenvalue weighted by atomic mass is 16.5. The van der Waals surface area contributed by atoms with Crippen molar-refractivity contribution in [3.63, 3.8) is 0 Å². The summed E-state index contributed by atoms with van der Waals surface area (Å²) in [6, 6.07) is 3.63. The average Bonchev–Trinajstić information content (AvgIpc) is 2.95. The first kappa shape index (κ1) is 12.0. The van der Waals surface area contributed by atoms with Crippen LogP contribution < -0.4 is 5.32 Å². The monoisotopic (exact) mass is 260 g/mol. The second-order valence-electron chi connectivity index (χ2n) is 4.77. The van der Waals surface area contributed by atoms with Crippen molar-refractivity contribution < 1.29 is 9.32 Å². The van der Waals surface area contributed by atoms with Gasteiger partial charge in [-0.1, -0.05) is 5.16 Å². The number of nitrogens with zero attached hydrogens (tertiary/aromatic N) is 3. The van der Waals surface area contributed by atoms with Gasteiger partial charge >= 0.3 is 0 Å². The summed E-state index contributed by atoms with van der Waals surface area (Å²) in [5.41, 5.74) is 0.376. The summed E-state index contributed by atoms with van der Waals surface area (Å²) in [7, 11) is 0. The van der Waals surface area contributed by atoms with Gasteiger partial charge in [-0.3, -0.25) is 9.48 Å². The Bertz CT molecular complexity index is 543. The van der Waals surface area contributed by atoms with Crippen molar-refractivity contribution in [2.24, 2.45) is 0 Å². The predicted octanol–water partition coefficient (Wildman–Crippen LogP) is 1.57. The molecule has 0 atom stereocenters. The van der Waals surface area contributed by atoms with Crippen LogP contribution in [0.25, 0.3) is 0 Å². The number of aromatic nitrogens is 3. The Labute approximate surface area is 110 Å². The quantitative estimate of drug-likeness (QED) is 0.800. The number of carbonyl (C=O) groups is 1. The number of carbonyl (C=O) groups excluding carboxylic acids is 1. The van der Waals surface area contributed by atoms with Gasteiger partial charge in [0.2, 0.25) is 0 Å². The molecule has 2 heterocycles. The van der Waals surface area contributed by atoms with Crippen molar-refractivity contribution in [3.05, 3.63) is 36.0 Å². The lowest BCUT2D eigenvalue weighted by Crippen LogP contribution is -2.25. The van der Waals surface area contributed by atoms with Crippen LogP contribution in [0.1, 0.15) is 41.4 Å². The number of nitrogens with one attached hydrogen (secondary N) is 1. The third kappa shape index (κ3) is 3.01. The molecule has 2 aromatic rings. The van der Waals surface area contributed by atoms with E-state index in [1.54, 1.807) is 12.3 Å². The van der Waals surface area contributed by atoms with E-state index in [0.717, 1.165) is 31.6 Å². The summed E-state index contributed by atoms with van der Waals surface area (Å²) in [4.78, 5) is 11.8.